The van der Waals surface area contributed by atoms with Gasteiger partial charge in [-0.15, -0.1) is 0 Å². The fourth-order valence-electron chi connectivity index (χ4n) is 2.29. The highest BCUT2D eigenvalue weighted by molar-refractivity contribution is 5.22. The SMILES string of the molecule is C=C/C=C(\C=C)CN1CC[C@@H](CO)C[C@H]1C.CO. The van der Waals surface area contributed by atoms with Crippen molar-refractivity contribution in [1.82, 2.24) is 4.90 Å². The highest BCUT2D eigenvalue weighted by Crippen LogP contribution is 2.23. The molecule has 1 aliphatic heterocycles. The molecule has 0 bridgehead atoms. The second kappa shape index (κ2) is 10.1. The van der Waals surface area contributed by atoms with Crippen LogP contribution in [0, 0.1) is 5.92 Å². The minimum Gasteiger partial charge on any atom is -0.400 e. The second-order valence-electron chi connectivity index (χ2n) is 4.57. The van der Waals surface area contributed by atoms with Crippen LogP contribution in [-0.4, -0.2) is 48.0 Å². The minimum absolute atomic E-state index is 0.328. The number of hydrogen-bond acceptors (Lipinski definition) is 3. The Kier molecular flexibility index (Phi) is 9.56. The molecule has 0 amide bonds. The summed E-state index contributed by atoms with van der Waals surface area (Å²) in [6.07, 6.45) is 7.90. The number of aliphatic hydroxyl groups is 2. The summed E-state index contributed by atoms with van der Waals surface area (Å²) in [7, 11) is 1.00. The average molecular weight is 253 g/mol. The summed E-state index contributed by atoms with van der Waals surface area (Å²) in [6.45, 7) is 12.1. The highest BCUT2D eigenvalue weighted by Gasteiger charge is 2.24. The molecule has 1 rings (SSSR count). The van der Waals surface area contributed by atoms with Crippen molar-refractivity contribution in [2.45, 2.75) is 25.8 Å². The third kappa shape index (κ3) is 5.63. The van der Waals surface area contributed by atoms with Gasteiger partial charge in [0, 0.05) is 26.3 Å². The smallest absolute Gasteiger partial charge is 0.0460 e. The van der Waals surface area contributed by atoms with E-state index in [4.69, 9.17) is 10.2 Å². The largest absolute Gasteiger partial charge is 0.400 e. The Labute approximate surface area is 111 Å². The molecular weight excluding hydrogens is 226 g/mol. The molecule has 0 aromatic heterocycles. The van der Waals surface area contributed by atoms with E-state index in [1.165, 1.54) is 5.57 Å². The third-order valence-electron chi connectivity index (χ3n) is 3.36. The van der Waals surface area contributed by atoms with Crippen LogP contribution in [0.2, 0.25) is 0 Å². The monoisotopic (exact) mass is 253 g/mol. The molecule has 0 radical (unpaired) electrons. The van der Waals surface area contributed by atoms with Gasteiger partial charge in [0.1, 0.15) is 0 Å². The zero-order chi connectivity index (χ0) is 14.0. The maximum absolute atomic E-state index is 9.15. The molecule has 0 spiro atoms. The lowest BCUT2D eigenvalue weighted by Crippen LogP contribution is -2.42. The highest BCUT2D eigenvalue weighted by atomic mass is 16.3. The summed E-state index contributed by atoms with van der Waals surface area (Å²) in [5.74, 6) is 0.488. The van der Waals surface area contributed by atoms with Crippen molar-refractivity contribution in [3.05, 3.63) is 37.0 Å². The fourth-order valence-corrected chi connectivity index (χ4v) is 2.29. The minimum atomic E-state index is 0.328. The maximum Gasteiger partial charge on any atom is 0.0460 e. The van der Waals surface area contributed by atoms with Crippen LogP contribution in [0.5, 0.6) is 0 Å². The molecule has 1 fully saturated rings. The van der Waals surface area contributed by atoms with Crippen molar-refractivity contribution in [1.29, 1.82) is 0 Å². The summed E-state index contributed by atoms with van der Waals surface area (Å²) in [6, 6.07) is 0.541. The summed E-state index contributed by atoms with van der Waals surface area (Å²) < 4.78 is 0. The normalized spacial score (nSPS) is 25.0. The van der Waals surface area contributed by atoms with Gasteiger partial charge in [0.2, 0.25) is 0 Å². The van der Waals surface area contributed by atoms with E-state index in [2.05, 4.69) is 25.0 Å². The summed E-state index contributed by atoms with van der Waals surface area (Å²) in [5.41, 5.74) is 1.21. The molecule has 0 aromatic rings. The number of piperidine rings is 1. The Hall–Kier alpha value is -0.900. The zero-order valence-electron chi connectivity index (χ0n) is 11.7. The van der Waals surface area contributed by atoms with E-state index < -0.39 is 0 Å². The third-order valence-corrected chi connectivity index (χ3v) is 3.36. The Morgan fingerprint density at radius 1 is 1.39 bits per heavy atom. The Morgan fingerprint density at radius 3 is 2.50 bits per heavy atom. The van der Waals surface area contributed by atoms with Gasteiger partial charge in [-0.05, 0) is 37.8 Å². The van der Waals surface area contributed by atoms with Crippen LogP contribution in [0.1, 0.15) is 19.8 Å². The molecule has 0 aromatic carbocycles. The van der Waals surface area contributed by atoms with Gasteiger partial charge in [0.05, 0.1) is 0 Å². The predicted octanol–water partition coefficient (Wildman–Crippen LogP) is 1.99. The number of likely N-dealkylation sites (tertiary alicyclic amines) is 1. The molecule has 0 unspecified atom stereocenters. The molecule has 0 saturated carbocycles. The molecule has 18 heavy (non-hydrogen) atoms. The molecule has 1 saturated heterocycles. The molecule has 2 atom stereocenters. The summed E-state index contributed by atoms with van der Waals surface area (Å²) in [5, 5.41) is 16.1. The van der Waals surface area contributed by atoms with Gasteiger partial charge in [0.25, 0.3) is 0 Å². The fraction of sp³-hybridized carbons (Fsp3) is 0.600. The number of nitrogens with zero attached hydrogens (tertiary/aromatic N) is 1. The molecule has 104 valence electrons. The van der Waals surface area contributed by atoms with Crippen molar-refractivity contribution in [3.8, 4) is 0 Å². The number of hydrogen-bond donors (Lipinski definition) is 2. The molecule has 0 aliphatic carbocycles. The van der Waals surface area contributed by atoms with Gasteiger partial charge in [-0.25, -0.2) is 0 Å². The van der Waals surface area contributed by atoms with Crippen LogP contribution in [0.3, 0.4) is 0 Å². The lowest BCUT2D eigenvalue weighted by molar-refractivity contribution is 0.0969. The first-order chi connectivity index (χ1) is 8.71. The maximum atomic E-state index is 9.15. The van der Waals surface area contributed by atoms with Gasteiger partial charge >= 0.3 is 0 Å². The number of allylic oxidation sites excluding steroid dienone is 2. The van der Waals surface area contributed by atoms with Crippen molar-refractivity contribution in [3.63, 3.8) is 0 Å². The summed E-state index contributed by atoms with van der Waals surface area (Å²) in [4.78, 5) is 2.45. The lowest BCUT2D eigenvalue weighted by atomic mass is 9.92. The number of aliphatic hydroxyl groups excluding tert-OH is 2. The average Bonchev–Trinajstić information content (AvgIpc) is 2.42. The molecule has 1 aliphatic rings. The Morgan fingerprint density at radius 2 is 2.06 bits per heavy atom. The van der Waals surface area contributed by atoms with Crippen LogP contribution < -0.4 is 0 Å². The summed E-state index contributed by atoms with van der Waals surface area (Å²) >= 11 is 0. The topological polar surface area (TPSA) is 43.7 Å². The zero-order valence-corrected chi connectivity index (χ0v) is 11.7. The van der Waals surface area contributed by atoms with Crippen molar-refractivity contribution >= 4 is 0 Å². The van der Waals surface area contributed by atoms with E-state index >= 15 is 0 Å². The van der Waals surface area contributed by atoms with Crippen molar-refractivity contribution in [2.24, 2.45) is 5.92 Å². The van der Waals surface area contributed by atoms with E-state index in [0.717, 1.165) is 33.0 Å². The molecule has 3 heteroatoms. The van der Waals surface area contributed by atoms with Gasteiger partial charge in [-0.3, -0.25) is 4.90 Å². The van der Waals surface area contributed by atoms with Crippen LogP contribution in [-0.2, 0) is 0 Å². The first-order valence-corrected chi connectivity index (χ1v) is 6.45. The second-order valence-corrected chi connectivity index (χ2v) is 4.57. The van der Waals surface area contributed by atoms with Crippen molar-refractivity contribution in [2.75, 3.05) is 26.8 Å². The quantitative estimate of drug-likeness (QED) is 0.736. The van der Waals surface area contributed by atoms with Crippen LogP contribution in [0.15, 0.2) is 37.0 Å². The first-order valence-electron chi connectivity index (χ1n) is 6.45. The lowest BCUT2D eigenvalue weighted by Gasteiger charge is -2.37. The van der Waals surface area contributed by atoms with Gasteiger partial charge in [0.15, 0.2) is 0 Å². The van der Waals surface area contributed by atoms with Crippen LogP contribution >= 0.6 is 0 Å². The molecule has 3 nitrogen and oxygen atoms in total. The van der Waals surface area contributed by atoms with Crippen LogP contribution in [0.4, 0.5) is 0 Å². The van der Waals surface area contributed by atoms with Gasteiger partial charge in [-0.2, -0.15) is 0 Å². The van der Waals surface area contributed by atoms with Gasteiger partial charge in [-0.1, -0.05) is 31.4 Å². The van der Waals surface area contributed by atoms with Gasteiger partial charge < -0.3 is 10.2 Å². The van der Waals surface area contributed by atoms with Crippen molar-refractivity contribution < 1.29 is 10.2 Å². The predicted molar refractivity (Wildman–Crippen MR) is 77.5 cm³/mol. The standard InChI is InChI=1S/C14H23NO.CH4O/c1-4-6-13(5-2)10-15-8-7-14(11-16)9-12(15)3;1-2/h4-6,12,14,16H,1-2,7-11H2,3H3;2H,1H3/b13-6+;/t12-,14-;/m1./s1. The van der Waals surface area contributed by atoms with E-state index in [9.17, 15) is 0 Å². The van der Waals surface area contributed by atoms with E-state index in [-0.39, 0.29) is 0 Å². The molecular formula is C15H27NO2. The molecule has 2 N–H and O–H groups in total. The Balaban J connectivity index is 0.00000137. The van der Waals surface area contributed by atoms with E-state index in [1.807, 2.05) is 18.2 Å². The Bertz CT molecular complexity index is 274. The van der Waals surface area contributed by atoms with E-state index in [0.29, 0.717) is 18.6 Å². The van der Waals surface area contributed by atoms with E-state index in [1.54, 1.807) is 0 Å². The van der Waals surface area contributed by atoms with Crippen LogP contribution in [0.25, 0.3) is 0 Å². The number of rotatable bonds is 5. The molecule has 1 heterocycles. The first kappa shape index (κ1) is 17.1.